The van der Waals surface area contributed by atoms with Gasteiger partial charge in [0.2, 0.25) is 0 Å². The Balaban J connectivity index is 2.17. The molecule has 0 aliphatic rings. The van der Waals surface area contributed by atoms with Crippen LogP contribution in [-0.2, 0) is 6.42 Å². The molecule has 88 valence electrons. The summed E-state index contributed by atoms with van der Waals surface area (Å²) < 4.78 is 0. The summed E-state index contributed by atoms with van der Waals surface area (Å²) in [5.41, 5.74) is 8.31. The highest BCUT2D eigenvalue weighted by Gasteiger charge is 2.12. The number of aliphatic hydroxyl groups is 1. The van der Waals surface area contributed by atoms with Crippen LogP contribution < -0.4 is 5.73 Å². The maximum absolute atomic E-state index is 10.1. The molecule has 0 spiro atoms. The molecule has 3 N–H and O–H groups in total. The van der Waals surface area contributed by atoms with Crippen LogP contribution in [0.3, 0.4) is 0 Å². The largest absolute Gasteiger partial charge is 0.386 e. The normalized spacial score (nSPS) is 12.4. The van der Waals surface area contributed by atoms with Crippen molar-refractivity contribution < 1.29 is 5.11 Å². The monoisotopic (exact) mass is 229 g/mol. The van der Waals surface area contributed by atoms with Gasteiger partial charge in [-0.25, -0.2) is 4.98 Å². The lowest BCUT2D eigenvalue weighted by molar-refractivity contribution is 0.173. The number of hydrogen-bond acceptors (Lipinski definition) is 4. The zero-order valence-corrected chi connectivity index (χ0v) is 9.67. The van der Waals surface area contributed by atoms with Crippen molar-refractivity contribution in [3.8, 4) is 0 Å². The van der Waals surface area contributed by atoms with Gasteiger partial charge in [-0.2, -0.15) is 0 Å². The lowest BCUT2D eigenvalue weighted by Crippen LogP contribution is -2.07. The van der Waals surface area contributed by atoms with Gasteiger partial charge in [0.15, 0.2) is 0 Å². The van der Waals surface area contributed by atoms with Gasteiger partial charge < -0.3 is 10.8 Å². The van der Waals surface area contributed by atoms with Crippen molar-refractivity contribution in [3.63, 3.8) is 0 Å². The van der Waals surface area contributed by atoms with E-state index in [-0.39, 0.29) is 0 Å². The lowest BCUT2D eigenvalue weighted by Gasteiger charge is -2.11. The average Bonchev–Trinajstić information content (AvgIpc) is 2.32. The molecule has 0 amide bonds. The van der Waals surface area contributed by atoms with Gasteiger partial charge in [-0.05, 0) is 36.2 Å². The number of anilines is 1. The number of nitrogen functional groups attached to an aromatic ring is 1. The number of hydrogen-bond donors (Lipinski definition) is 2. The van der Waals surface area contributed by atoms with Crippen molar-refractivity contribution in [3.05, 3.63) is 53.5 Å². The molecule has 4 heteroatoms. The van der Waals surface area contributed by atoms with Crippen molar-refractivity contribution in [2.45, 2.75) is 19.4 Å². The Kier molecular flexibility index (Phi) is 3.35. The molecular formula is C13H15N3O. The molecule has 2 rings (SSSR count). The Hall–Kier alpha value is -1.94. The molecule has 1 atom stereocenters. The molecule has 4 nitrogen and oxygen atoms in total. The van der Waals surface area contributed by atoms with E-state index in [1.165, 1.54) is 0 Å². The van der Waals surface area contributed by atoms with E-state index in [2.05, 4.69) is 9.97 Å². The number of aryl methyl sites for hydroxylation is 1. The summed E-state index contributed by atoms with van der Waals surface area (Å²) in [6.45, 7) is 1.97. The number of nitrogens with zero attached hydrogens (tertiary/aromatic N) is 2. The number of nitrogens with two attached hydrogens (primary N) is 1. The third kappa shape index (κ3) is 2.79. The van der Waals surface area contributed by atoms with E-state index >= 15 is 0 Å². The van der Waals surface area contributed by atoms with Crippen LogP contribution in [0.4, 0.5) is 5.82 Å². The van der Waals surface area contributed by atoms with E-state index in [1.54, 1.807) is 12.4 Å². The first kappa shape index (κ1) is 11.5. The van der Waals surface area contributed by atoms with Gasteiger partial charge in [-0.1, -0.05) is 6.07 Å². The van der Waals surface area contributed by atoms with E-state index in [9.17, 15) is 5.11 Å². The van der Waals surface area contributed by atoms with Crippen molar-refractivity contribution in [2.24, 2.45) is 0 Å². The highest BCUT2D eigenvalue weighted by Crippen LogP contribution is 2.19. The molecule has 2 aromatic rings. The molecule has 0 bridgehead atoms. The Bertz CT molecular complexity index is 514. The third-order valence-electron chi connectivity index (χ3n) is 2.62. The first-order valence-corrected chi connectivity index (χ1v) is 5.47. The van der Waals surface area contributed by atoms with E-state index in [0.29, 0.717) is 17.9 Å². The molecular weight excluding hydrogens is 214 g/mol. The van der Waals surface area contributed by atoms with Gasteiger partial charge in [-0.3, -0.25) is 4.98 Å². The standard InChI is InChI=1S/C13H15N3O/c1-9-4-6-15-11(7-9)12(17)8-10-3-2-5-16-13(10)14/h2-7,12,17H,8H2,1H3,(H2,14,16). The van der Waals surface area contributed by atoms with Crippen LogP contribution in [0.1, 0.15) is 22.9 Å². The third-order valence-corrected chi connectivity index (χ3v) is 2.62. The number of aromatic nitrogens is 2. The molecule has 0 aliphatic heterocycles. The van der Waals surface area contributed by atoms with Gasteiger partial charge in [0.05, 0.1) is 5.69 Å². The minimum absolute atomic E-state index is 0.427. The molecule has 2 aromatic heterocycles. The fraction of sp³-hybridized carbons (Fsp3) is 0.231. The van der Waals surface area contributed by atoms with Crippen molar-refractivity contribution in [1.29, 1.82) is 0 Å². The minimum atomic E-state index is -0.651. The van der Waals surface area contributed by atoms with Crippen LogP contribution >= 0.6 is 0 Å². The minimum Gasteiger partial charge on any atom is -0.386 e. The Morgan fingerprint density at radius 2 is 2.12 bits per heavy atom. The molecule has 1 unspecified atom stereocenters. The predicted octanol–water partition coefficient (Wildman–Crippen LogP) is 1.64. The first-order valence-electron chi connectivity index (χ1n) is 5.47. The van der Waals surface area contributed by atoms with Gasteiger partial charge in [0, 0.05) is 18.8 Å². The summed E-state index contributed by atoms with van der Waals surface area (Å²) in [6.07, 6.45) is 3.11. The molecule has 2 heterocycles. The van der Waals surface area contributed by atoms with Crippen molar-refractivity contribution in [1.82, 2.24) is 9.97 Å². The van der Waals surface area contributed by atoms with Crippen LogP contribution in [0.15, 0.2) is 36.7 Å². The second-order valence-electron chi connectivity index (χ2n) is 4.03. The fourth-order valence-electron chi connectivity index (χ4n) is 1.68. The zero-order valence-electron chi connectivity index (χ0n) is 9.67. The fourth-order valence-corrected chi connectivity index (χ4v) is 1.68. The molecule has 17 heavy (non-hydrogen) atoms. The second-order valence-corrected chi connectivity index (χ2v) is 4.03. The van der Waals surface area contributed by atoms with Gasteiger partial charge in [0.25, 0.3) is 0 Å². The van der Waals surface area contributed by atoms with Crippen LogP contribution in [0.5, 0.6) is 0 Å². The summed E-state index contributed by atoms with van der Waals surface area (Å²) >= 11 is 0. The maximum Gasteiger partial charge on any atom is 0.126 e. The van der Waals surface area contributed by atoms with Crippen LogP contribution in [0.25, 0.3) is 0 Å². The topological polar surface area (TPSA) is 72.0 Å². The Morgan fingerprint density at radius 1 is 1.29 bits per heavy atom. The summed E-state index contributed by atoms with van der Waals surface area (Å²) in [6, 6.07) is 7.44. The molecule has 0 saturated carbocycles. The number of pyridine rings is 2. The Labute approximate surface area is 100 Å². The summed E-state index contributed by atoms with van der Waals surface area (Å²) in [4.78, 5) is 8.14. The second kappa shape index (κ2) is 4.93. The molecule has 0 radical (unpaired) electrons. The SMILES string of the molecule is Cc1ccnc(C(O)Cc2cccnc2N)c1. The first-order chi connectivity index (χ1) is 8.16. The summed E-state index contributed by atoms with van der Waals surface area (Å²) in [5.74, 6) is 0.458. The lowest BCUT2D eigenvalue weighted by atomic mass is 10.1. The predicted molar refractivity (Wildman–Crippen MR) is 66.3 cm³/mol. The Morgan fingerprint density at radius 3 is 2.82 bits per heavy atom. The average molecular weight is 229 g/mol. The van der Waals surface area contributed by atoms with Crippen molar-refractivity contribution >= 4 is 5.82 Å². The van der Waals surface area contributed by atoms with E-state index in [4.69, 9.17) is 5.73 Å². The highest BCUT2D eigenvalue weighted by atomic mass is 16.3. The van der Waals surface area contributed by atoms with Gasteiger partial charge in [-0.15, -0.1) is 0 Å². The van der Waals surface area contributed by atoms with Crippen LogP contribution in [0.2, 0.25) is 0 Å². The zero-order chi connectivity index (χ0) is 12.3. The quantitative estimate of drug-likeness (QED) is 0.839. The smallest absolute Gasteiger partial charge is 0.126 e. The molecule has 0 aliphatic carbocycles. The summed E-state index contributed by atoms with van der Waals surface area (Å²) in [5, 5.41) is 10.1. The van der Waals surface area contributed by atoms with E-state index < -0.39 is 6.10 Å². The van der Waals surface area contributed by atoms with E-state index in [0.717, 1.165) is 11.1 Å². The number of aliphatic hydroxyl groups excluding tert-OH is 1. The maximum atomic E-state index is 10.1. The molecule has 0 saturated heterocycles. The van der Waals surface area contributed by atoms with Gasteiger partial charge >= 0.3 is 0 Å². The highest BCUT2D eigenvalue weighted by molar-refractivity contribution is 5.39. The van der Waals surface area contributed by atoms with Crippen molar-refractivity contribution in [2.75, 3.05) is 5.73 Å². The van der Waals surface area contributed by atoms with Crippen LogP contribution in [0, 0.1) is 6.92 Å². The van der Waals surface area contributed by atoms with Crippen LogP contribution in [-0.4, -0.2) is 15.1 Å². The molecule has 0 fully saturated rings. The number of rotatable bonds is 3. The molecule has 0 aromatic carbocycles. The van der Waals surface area contributed by atoms with E-state index in [1.807, 2.05) is 31.2 Å². The summed E-state index contributed by atoms with van der Waals surface area (Å²) in [7, 11) is 0. The van der Waals surface area contributed by atoms with Gasteiger partial charge in [0.1, 0.15) is 11.9 Å².